The fourth-order valence-electron chi connectivity index (χ4n) is 16.9. The van der Waals surface area contributed by atoms with Gasteiger partial charge in [0.05, 0.1) is 96.8 Å². The molecule has 130 heavy (non-hydrogen) atoms. The van der Waals surface area contributed by atoms with Crippen LogP contribution in [0.15, 0.2) is 147 Å². The molecule has 11 aromatic heterocycles. The summed E-state index contributed by atoms with van der Waals surface area (Å²) in [6.07, 6.45) is 15.0. The highest BCUT2D eigenvalue weighted by atomic mass is 19.4. The molecule has 1 unspecified atom stereocenters. The first-order valence-corrected chi connectivity index (χ1v) is 44.4. The third-order valence-corrected chi connectivity index (χ3v) is 24.2. The number of nitrogens with one attached hydrogen (secondary N) is 4. The number of aryl methyl sites for hydroxylation is 1. The average Bonchev–Trinajstić information content (AvgIpc) is 1.64. The maximum atomic E-state index is 13.3. The van der Waals surface area contributed by atoms with Gasteiger partial charge in [0.15, 0.2) is 28.4 Å². The lowest BCUT2D eigenvalue weighted by atomic mass is 9.97. The van der Waals surface area contributed by atoms with Gasteiger partial charge in [0.1, 0.15) is 56.3 Å². The van der Waals surface area contributed by atoms with E-state index < -0.39 is 29.4 Å². The molecular weight excluding hydrogens is 1690 g/mol. The summed E-state index contributed by atoms with van der Waals surface area (Å²) in [5.41, 5.74) is 6.96. The van der Waals surface area contributed by atoms with Gasteiger partial charge < -0.3 is 53.1 Å². The predicted octanol–water partition coefficient (Wildman–Crippen LogP) is 14.4. The van der Waals surface area contributed by atoms with Crippen LogP contribution < -0.4 is 31.7 Å². The monoisotopic (exact) mass is 1790 g/mol. The molecule has 1 saturated carbocycles. The Hall–Kier alpha value is -12.3. The van der Waals surface area contributed by atoms with Crippen molar-refractivity contribution in [3.63, 3.8) is 0 Å². The van der Waals surface area contributed by atoms with E-state index in [4.69, 9.17) is 43.1 Å². The topological polar surface area (TPSA) is 375 Å². The van der Waals surface area contributed by atoms with Gasteiger partial charge in [-0.1, -0.05) is 56.0 Å². The Bertz CT molecular complexity index is 6370. The Morgan fingerprint density at radius 2 is 0.862 bits per heavy atom. The number of aromatic nitrogens is 20. The van der Waals surface area contributed by atoms with Crippen LogP contribution in [-0.4, -0.2) is 189 Å². The Morgan fingerprint density at radius 1 is 0.469 bits per heavy atom. The lowest BCUT2D eigenvalue weighted by molar-refractivity contribution is -0.175. The van der Waals surface area contributed by atoms with E-state index in [0.717, 1.165) is 135 Å². The van der Waals surface area contributed by atoms with Gasteiger partial charge in [-0.3, -0.25) is 29.1 Å². The van der Waals surface area contributed by atoms with Crippen LogP contribution in [0.4, 0.5) is 32.2 Å². The summed E-state index contributed by atoms with van der Waals surface area (Å²) in [7, 11) is 0. The van der Waals surface area contributed by atoms with Crippen molar-refractivity contribution in [3.05, 3.63) is 227 Å². The van der Waals surface area contributed by atoms with E-state index in [2.05, 4.69) is 76.9 Å². The zero-order valence-corrected chi connectivity index (χ0v) is 72.9. The molecule has 17 heterocycles. The summed E-state index contributed by atoms with van der Waals surface area (Å²) in [5.74, 6) is 3.43. The molecular formula is C92H105F6N21O11. The van der Waals surface area contributed by atoms with Crippen molar-refractivity contribution in [2.24, 2.45) is 16.8 Å². The van der Waals surface area contributed by atoms with E-state index in [9.17, 15) is 45.5 Å². The molecule has 4 N–H and O–H groups in total. The second-order valence-corrected chi connectivity index (χ2v) is 33.8. The van der Waals surface area contributed by atoms with Crippen molar-refractivity contribution in [2.45, 2.75) is 198 Å². The van der Waals surface area contributed by atoms with Crippen molar-refractivity contribution in [3.8, 4) is 11.5 Å². The second kappa shape index (κ2) is 41.2. The molecule has 1 atom stereocenters. The Morgan fingerprint density at radius 3 is 1.28 bits per heavy atom. The van der Waals surface area contributed by atoms with Gasteiger partial charge in [0, 0.05) is 139 Å². The van der Waals surface area contributed by atoms with E-state index in [-0.39, 0.29) is 83.8 Å². The van der Waals surface area contributed by atoms with Crippen molar-refractivity contribution in [2.75, 3.05) is 72.7 Å². The van der Waals surface area contributed by atoms with E-state index in [1.807, 2.05) is 100 Å². The van der Waals surface area contributed by atoms with E-state index in [1.54, 1.807) is 35.7 Å². The second-order valence-electron chi connectivity index (χ2n) is 33.8. The fourth-order valence-corrected chi connectivity index (χ4v) is 16.9. The highest BCUT2D eigenvalue weighted by Gasteiger charge is 2.40. The van der Waals surface area contributed by atoms with Gasteiger partial charge in [0.2, 0.25) is 0 Å². The van der Waals surface area contributed by atoms with Gasteiger partial charge in [-0.25, -0.2) is 48.3 Å². The first-order valence-electron chi connectivity index (χ1n) is 44.4. The standard InChI is InChI=1S/C21H24N4O3.C20H24N4O3.C19H19F3N4O.C17H19N5O2.C15H19F3N4O2/c26-21-17-12-22-25(16-7-9-27-10-8-16)20(17)23-19(24-21)11-15-3-1-2-4-18(15)28-13-14-5-6-14;1-13(2)27-17-6-4-3-5-14(17)11-18-22-19-16(20(25)23-18)12-21-24(19)15-7-9-26-10-8-15;1-12-9-13(10-17-16(19(20,21)22)3-2-6-23-17)25-18-15(12)11-24-26(18)14-4-7-27-8-5-14;1-11-3-2-6-18-14(11)9-15-20-16-13(17(23)21-15)10-19-22(16)12-4-7-24-8-5-12;1-2-9(15(16,17)18)7-12-20-13-11(14(23)21-12)8-19-22(13)10-3-5-24-6-4-10/h1-4,12,14,16H,5-11,13H2,(H,23,24,26);3-6,12-13,15H,7-11H2,1-2H3,(H,22,23,25);2-3,6,11,14H,1,4-5,7-10H2;2-3,6,10,12H,4-5,7-9H2,1H3,(H,20,21,23);8-10H,2-7H2,1H3,(H,20,21,23). The number of fused-ring (bicyclic) bond motifs is 5. The van der Waals surface area contributed by atoms with Crippen LogP contribution >= 0.6 is 0 Å². The van der Waals surface area contributed by atoms with Crippen LogP contribution in [0.25, 0.3) is 49.7 Å². The summed E-state index contributed by atoms with van der Waals surface area (Å²) >= 11 is 0. The molecule has 13 aromatic rings. The number of rotatable bonds is 21. The number of aromatic amines is 4. The number of alkyl halides is 6. The fraction of sp³-hybridized carbons (Fsp3) is 0.478. The SMILES string of the molecule is C=C1CC(Cc2ncccc2C(F)(F)F)=Nc2c1cnn2C1CCOCC1.CC(C)Oc1ccccc1Cc1nc2c(cnn2C2CCOCC2)c(=O)[nH]1.CCC(Cc1nc2c(cnn2C2CCOCC2)c(=O)[nH]1)C(F)(F)F.Cc1cccnc1Cc1nc2c(cnn2C2CCOCC2)c(=O)[nH]1.O=c1[nH]c(Cc2ccccc2OCC2CC2)nc2c1cnn2C1CCOCC1. The molecule has 5 saturated heterocycles. The minimum Gasteiger partial charge on any atom is -0.493 e. The molecule has 20 rings (SSSR count). The number of nitrogens with zero attached hydrogens (tertiary/aromatic N) is 17. The molecule has 0 bridgehead atoms. The number of para-hydroxylation sites is 2. The number of hydrogen-bond acceptors (Lipinski definition) is 23. The van der Waals surface area contributed by atoms with Crippen LogP contribution in [0.1, 0.15) is 203 Å². The molecule has 2 aromatic carbocycles. The van der Waals surface area contributed by atoms with Crippen LogP contribution in [0.2, 0.25) is 0 Å². The number of halogens is 6. The maximum Gasteiger partial charge on any atom is 0.418 e. The molecule has 6 fully saturated rings. The number of H-pyrrole nitrogens is 4. The normalized spacial score (nSPS) is 17.2. The number of hydrogen-bond donors (Lipinski definition) is 4. The largest absolute Gasteiger partial charge is 0.493 e. The van der Waals surface area contributed by atoms with Crippen LogP contribution in [0.5, 0.6) is 11.5 Å². The predicted molar refractivity (Wildman–Crippen MR) is 472 cm³/mol. The first-order chi connectivity index (χ1) is 62.9. The minimum atomic E-state index is -4.44. The van der Waals surface area contributed by atoms with Crippen LogP contribution in [0, 0.1) is 18.8 Å². The van der Waals surface area contributed by atoms with Gasteiger partial charge >= 0.3 is 12.4 Å². The van der Waals surface area contributed by atoms with E-state index in [1.165, 1.54) is 38.2 Å². The zero-order valence-electron chi connectivity index (χ0n) is 72.9. The van der Waals surface area contributed by atoms with Crippen molar-refractivity contribution < 1.29 is 59.5 Å². The molecule has 1 aliphatic carbocycles. The van der Waals surface area contributed by atoms with Crippen molar-refractivity contribution in [1.29, 1.82) is 0 Å². The van der Waals surface area contributed by atoms with E-state index >= 15 is 0 Å². The van der Waals surface area contributed by atoms with Gasteiger partial charge in [-0.15, -0.1) is 0 Å². The Kier molecular flexibility index (Phi) is 28.9. The summed E-state index contributed by atoms with van der Waals surface area (Å²) in [5, 5.41) is 23.9. The first kappa shape index (κ1) is 91.1. The lowest BCUT2D eigenvalue weighted by Crippen LogP contribution is -2.26. The molecule has 7 aliphatic rings. The average molecular weight is 1790 g/mol. The number of pyridine rings is 2. The van der Waals surface area contributed by atoms with Crippen LogP contribution in [-0.2, 0) is 62.0 Å². The maximum absolute atomic E-state index is 13.3. The third kappa shape index (κ3) is 22.1. The summed E-state index contributed by atoms with van der Waals surface area (Å²) < 4.78 is 127. The van der Waals surface area contributed by atoms with Crippen molar-refractivity contribution >= 4 is 61.2 Å². The molecule has 32 nitrogen and oxygen atoms in total. The third-order valence-electron chi connectivity index (χ3n) is 24.2. The summed E-state index contributed by atoms with van der Waals surface area (Å²) in [6, 6.07) is 23.0. The van der Waals surface area contributed by atoms with Gasteiger partial charge in [-0.2, -0.15) is 51.8 Å². The Labute approximate surface area is 742 Å². The molecule has 0 amide bonds. The van der Waals surface area contributed by atoms with E-state index in [0.29, 0.717) is 158 Å². The smallest absolute Gasteiger partial charge is 0.418 e. The summed E-state index contributed by atoms with van der Waals surface area (Å²) in [4.78, 5) is 92.2. The summed E-state index contributed by atoms with van der Waals surface area (Å²) in [6.45, 7) is 19.1. The molecule has 0 radical (unpaired) electrons. The number of aliphatic imine (C=N–C) groups is 1. The van der Waals surface area contributed by atoms with Crippen molar-refractivity contribution in [1.82, 2.24) is 98.7 Å². The Balaban J connectivity index is 0.000000119. The quantitative estimate of drug-likeness (QED) is 0.0485. The highest BCUT2D eigenvalue weighted by Crippen LogP contribution is 2.40. The number of benzene rings is 2. The molecule has 38 heteroatoms. The molecule has 686 valence electrons. The minimum absolute atomic E-state index is 0.0165. The lowest BCUT2D eigenvalue weighted by Gasteiger charge is -2.25. The van der Waals surface area contributed by atoms with Crippen LogP contribution in [0.3, 0.4) is 0 Å². The molecule has 0 spiro atoms. The zero-order chi connectivity index (χ0) is 90.6. The van der Waals surface area contributed by atoms with Gasteiger partial charge in [-0.05, 0) is 152 Å². The van der Waals surface area contributed by atoms with Gasteiger partial charge in [0.25, 0.3) is 22.2 Å². The molecule has 6 aliphatic heterocycles. The number of ether oxygens (including phenoxy) is 7. The highest BCUT2D eigenvalue weighted by molar-refractivity contribution is 6.01. The number of allylic oxidation sites excluding steroid dienone is 1.